The van der Waals surface area contributed by atoms with Crippen molar-refractivity contribution in [1.82, 2.24) is 9.97 Å². The lowest BCUT2D eigenvalue weighted by Gasteiger charge is -1.94. The second-order valence-electron chi connectivity index (χ2n) is 2.13. The summed E-state index contributed by atoms with van der Waals surface area (Å²) >= 11 is 0. The third kappa shape index (κ3) is 2.03. The fourth-order valence-corrected chi connectivity index (χ4v) is 0.777. The van der Waals surface area contributed by atoms with Crippen LogP contribution in [0.4, 0.5) is 0 Å². The highest BCUT2D eigenvalue weighted by Crippen LogP contribution is 1.96. The van der Waals surface area contributed by atoms with Gasteiger partial charge in [0.2, 0.25) is 0 Å². The molecule has 4 nitrogen and oxygen atoms in total. The number of nitrogens with zero attached hydrogens (tertiary/aromatic N) is 4. The molecule has 0 unspecified atom stereocenters. The van der Waals surface area contributed by atoms with Crippen LogP contribution in [0.5, 0.6) is 0 Å². The summed E-state index contributed by atoms with van der Waals surface area (Å²) in [5.41, 5.74) is 0.665. The van der Waals surface area contributed by atoms with Crippen molar-refractivity contribution in [3.63, 3.8) is 0 Å². The summed E-state index contributed by atoms with van der Waals surface area (Å²) in [7, 11) is 0. The molecule has 0 aliphatic heterocycles. The van der Waals surface area contributed by atoms with Crippen LogP contribution in [0.1, 0.15) is 11.5 Å². The molecule has 0 saturated heterocycles. The van der Waals surface area contributed by atoms with Crippen molar-refractivity contribution in [1.29, 1.82) is 10.5 Å². The van der Waals surface area contributed by atoms with E-state index in [4.69, 9.17) is 10.5 Å². The van der Waals surface area contributed by atoms with E-state index < -0.39 is 0 Å². The molecule has 1 aromatic rings. The summed E-state index contributed by atoms with van der Waals surface area (Å²) in [4.78, 5) is 7.86. The average molecular weight is 158 g/mol. The van der Waals surface area contributed by atoms with Gasteiger partial charge in [-0.15, -0.1) is 0 Å². The van der Waals surface area contributed by atoms with E-state index in [0.29, 0.717) is 11.5 Å². The van der Waals surface area contributed by atoms with Crippen molar-refractivity contribution >= 4 is 0 Å². The zero-order chi connectivity index (χ0) is 8.81. The highest BCUT2D eigenvalue weighted by atomic mass is 14.9. The first-order chi connectivity index (χ1) is 5.86. The molecule has 0 aromatic carbocycles. The quantitative estimate of drug-likeness (QED) is 0.632. The van der Waals surface area contributed by atoms with E-state index in [9.17, 15) is 0 Å². The van der Waals surface area contributed by atoms with E-state index in [1.54, 1.807) is 12.3 Å². The molecule has 12 heavy (non-hydrogen) atoms. The summed E-state index contributed by atoms with van der Waals surface area (Å²) in [6.07, 6.45) is 2.02. The predicted molar refractivity (Wildman–Crippen MR) is 40.7 cm³/mol. The molecule has 1 heterocycles. The van der Waals surface area contributed by atoms with Gasteiger partial charge in [0.15, 0.2) is 0 Å². The van der Waals surface area contributed by atoms with Gasteiger partial charge in [-0.2, -0.15) is 10.5 Å². The summed E-state index contributed by atoms with van der Waals surface area (Å²) in [5, 5.41) is 16.7. The monoisotopic (exact) mass is 158 g/mol. The Morgan fingerprint density at radius 1 is 1.25 bits per heavy atom. The first-order valence-electron chi connectivity index (χ1n) is 3.41. The Balaban J connectivity index is 2.84. The van der Waals surface area contributed by atoms with Gasteiger partial charge in [0.25, 0.3) is 0 Å². The van der Waals surface area contributed by atoms with Crippen molar-refractivity contribution in [2.75, 3.05) is 0 Å². The average Bonchev–Trinajstić information content (AvgIpc) is 2.06. The molecule has 0 N–H and O–H groups in total. The van der Waals surface area contributed by atoms with E-state index in [1.165, 1.54) is 0 Å². The van der Waals surface area contributed by atoms with Crippen LogP contribution < -0.4 is 0 Å². The maximum absolute atomic E-state index is 8.37. The maximum atomic E-state index is 8.37. The number of hydrogen-bond acceptors (Lipinski definition) is 4. The lowest BCUT2D eigenvalue weighted by atomic mass is 10.3. The molecular formula is C8H6N4. The minimum Gasteiger partial charge on any atom is -0.240 e. The summed E-state index contributed by atoms with van der Waals surface area (Å²) in [6.45, 7) is 0. The Morgan fingerprint density at radius 3 is 2.67 bits per heavy atom. The first kappa shape index (κ1) is 8.16. The molecule has 0 saturated carbocycles. The lowest BCUT2D eigenvalue weighted by molar-refractivity contribution is 0.945. The van der Waals surface area contributed by atoms with Crippen LogP contribution in [0.2, 0.25) is 0 Å². The van der Waals surface area contributed by atoms with Crippen LogP contribution in [-0.2, 0) is 12.8 Å². The fraction of sp³-hybridized carbons (Fsp3) is 0.250. The molecule has 0 aliphatic carbocycles. The van der Waals surface area contributed by atoms with E-state index in [0.717, 1.165) is 0 Å². The molecule has 0 radical (unpaired) electrons. The molecular weight excluding hydrogens is 152 g/mol. The molecule has 0 bridgehead atoms. The molecule has 1 rings (SSSR count). The lowest BCUT2D eigenvalue weighted by Crippen LogP contribution is -1.96. The number of aromatic nitrogens is 2. The van der Waals surface area contributed by atoms with Crippen molar-refractivity contribution in [3.8, 4) is 12.1 Å². The topological polar surface area (TPSA) is 73.4 Å². The van der Waals surface area contributed by atoms with Crippen LogP contribution in [0.15, 0.2) is 12.3 Å². The van der Waals surface area contributed by atoms with Gasteiger partial charge in [0, 0.05) is 6.20 Å². The number of rotatable bonds is 2. The molecule has 0 amide bonds. The van der Waals surface area contributed by atoms with Gasteiger partial charge in [-0.05, 0) is 6.07 Å². The van der Waals surface area contributed by atoms with Gasteiger partial charge in [0.1, 0.15) is 5.82 Å². The molecule has 0 fully saturated rings. The van der Waals surface area contributed by atoms with Gasteiger partial charge in [0.05, 0.1) is 30.7 Å². The standard InChI is InChI=1S/C8H6N4/c9-4-1-7-3-6-11-8(12-7)2-5-10/h3,6H,1-2H2. The Kier molecular flexibility index (Phi) is 2.75. The van der Waals surface area contributed by atoms with Crippen LogP contribution in [0, 0.1) is 22.7 Å². The number of nitriles is 2. The second kappa shape index (κ2) is 4.05. The Bertz CT molecular complexity index is 314. The summed E-state index contributed by atoms with van der Waals surface area (Å²) in [6, 6.07) is 5.60. The van der Waals surface area contributed by atoms with Gasteiger partial charge in [-0.1, -0.05) is 0 Å². The van der Waals surface area contributed by atoms with Crippen molar-refractivity contribution in [2.24, 2.45) is 0 Å². The Hall–Kier alpha value is -1.94. The van der Waals surface area contributed by atoms with Crippen molar-refractivity contribution in [3.05, 3.63) is 23.8 Å². The minimum atomic E-state index is 0.194. The van der Waals surface area contributed by atoms with Gasteiger partial charge in [-0.3, -0.25) is 0 Å². The van der Waals surface area contributed by atoms with Crippen LogP contribution in [0.25, 0.3) is 0 Å². The van der Waals surface area contributed by atoms with E-state index in [2.05, 4.69) is 9.97 Å². The molecule has 4 heteroatoms. The Morgan fingerprint density at radius 2 is 2.00 bits per heavy atom. The maximum Gasteiger partial charge on any atom is 0.142 e. The zero-order valence-corrected chi connectivity index (χ0v) is 6.36. The highest BCUT2D eigenvalue weighted by molar-refractivity contribution is 5.08. The van der Waals surface area contributed by atoms with Gasteiger partial charge in [-0.25, -0.2) is 9.97 Å². The van der Waals surface area contributed by atoms with Gasteiger partial charge >= 0.3 is 0 Å². The third-order valence-corrected chi connectivity index (χ3v) is 1.26. The smallest absolute Gasteiger partial charge is 0.142 e. The zero-order valence-electron chi connectivity index (χ0n) is 6.36. The van der Waals surface area contributed by atoms with Gasteiger partial charge < -0.3 is 0 Å². The summed E-state index contributed by atoms with van der Waals surface area (Å²) < 4.78 is 0. The minimum absolute atomic E-state index is 0.194. The highest BCUT2D eigenvalue weighted by Gasteiger charge is 1.97. The predicted octanol–water partition coefficient (Wildman–Crippen LogP) is 0.609. The fourth-order valence-electron chi connectivity index (χ4n) is 0.777. The van der Waals surface area contributed by atoms with E-state index >= 15 is 0 Å². The summed E-state index contributed by atoms with van der Waals surface area (Å²) in [5.74, 6) is 0.477. The normalized spacial score (nSPS) is 8.50. The van der Waals surface area contributed by atoms with Crippen molar-refractivity contribution in [2.45, 2.75) is 12.8 Å². The van der Waals surface area contributed by atoms with Crippen LogP contribution in [0.3, 0.4) is 0 Å². The third-order valence-electron chi connectivity index (χ3n) is 1.26. The number of hydrogen-bond donors (Lipinski definition) is 0. The SMILES string of the molecule is N#CCc1ccnc(CC#N)n1. The Labute approximate surface area is 70.1 Å². The molecule has 0 spiro atoms. The molecule has 58 valence electrons. The molecule has 1 aromatic heterocycles. The molecule has 0 atom stereocenters. The first-order valence-corrected chi connectivity index (χ1v) is 3.41. The van der Waals surface area contributed by atoms with Crippen molar-refractivity contribution < 1.29 is 0 Å². The molecule has 0 aliphatic rings. The van der Waals surface area contributed by atoms with Crippen LogP contribution in [-0.4, -0.2) is 9.97 Å². The van der Waals surface area contributed by atoms with Crippen LogP contribution >= 0.6 is 0 Å². The van der Waals surface area contributed by atoms with E-state index in [-0.39, 0.29) is 12.8 Å². The largest absolute Gasteiger partial charge is 0.240 e. The second-order valence-corrected chi connectivity index (χ2v) is 2.13. The van der Waals surface area contributed by atoms with E-state index in [1.807, 2.05) is 12.1 Å².